The van der Waals surface area contributed by atoms with Crippen LogP contribution < -0.4 is 0 Å². The molecule has 6 rings (SSSR count). The van der Waals surface area contributed by atoms with Gasteiger partial charge in [0.15, 0.2) is 0 Å². The molecule has 4 fully saturated rings. The topological polar surface area (TPSA) is 37.4 Å². The highest BCUT2D eigenvalue weighted by Gasteiger charge is 2.57. The van der Waals surface area contributed by atoms with Crippen molar-refractivity contribution >= 4 is 34.9 Å². The summed E-state index contributed by atoms with van der Waals surface area (Å²) in [5.74, 6) is 2.91. The molecule has 5 heteroatoms. The van der Waals surface area contributed by atoms with E-state index in [-0.39, 0.29) is 29.1 Å². The summed E-state index contributed by atoms with van der Waals surface area (Å²) in [5.41, 5.74) is 2.72. The van der Waals surface area contributed by atoms with Crippen LogP contribution in [0.3, 0.4) is 0 Å². The van der Waals surface area contributed by atoms with Crippen molar-refractivity contribution in [3.63, 3.8) is 0 Å². The van der Waals surface area contributed by atoms with Gasteiger partial charge in [0.05, 0.1) is 0 Å². The number of hydrogen-bond acceptors (Lipinski definition) is 2. The quantitative estimate of drug-likeness (QED) is 0.383. The number of carbonyl (C=O) groups is 2. The Kier molecular flexibility index (Phi) is 7.14. The minimum absolute atomic E-state index is 0.114. The van der Waals surface area contributed by atoms with Crippen LogP contribution in [0.5, 0.6) is 0 Å². The monoisotopic (exact) mass is 551 g/mol. The summed E-state index contributed by atoms with van der Waals surface area (Å²) in [5, 5.41) is 1.39. The Morgan fingerprint density at radius 3 is 2.45 bits per heavy atom. The van der Waals surface area contributed by atoms with Crippen molar-refractivity contribution in [1.29, 1.82) is 0 Å². The Morgan fingerprint density at radius 1 is 0.974 bits per heavy atom. The van der Waals surface area contributed by atoms with Crippen LogP contribution in [0.4, 0.5) is 0 Å². The van der Waals surface area contributed by atoms with E-state index in [2.05, 4.69) is 36.9 Å². The van der Waals surface area contributed by atoms with Crippen LogP contribution >= 0.6 is 23.2 Å². The van der Waals surface area contributed by atoms with Gasteiger partial charge < -0.3 is 4.90 Å². The van der Waals surface area contributed by atoms with Gasteiger partial charge >= 0.3 is 0 Å². The van der Waals surface area contributed by atoms with Crippen molar-refractivity contribution in [2.24, 2.45) is 29.1 Å². The molecule has 0 spiro atoms. The predicted octanol–water partition coefficient (Wildman–Crippen LogP) is 8.54. The molecule has 2 unspecified atom stereocenters. The zero-order chi connectivity index (χ0) is 26.6. The van der Waals surface area contributed by atoms with Crippen LogP contribution in [0, 0.1) is 29.1 Å². The third-order valence-corrected chi connectivity index (χ3v) is 11.3. The number of amides is 1. The molecule has 4 aliphatic rings. The molecule has 0 radical (unpaired) electrons. The number of benzene rings is 2. The number of rotatable bonds is 3. The summed E-state index contributed by atoms with van der Waals surface area (Å²) in [6.07, 6.45) is 8.78. The maximum absolute atomic E-state index is 13.5. The van der Waals surface area contributed by atoms with E-state index in [1.807, 2.05) is 24.3 Å². The van der Waals surface area contributed by atoms with E-state index in [1.54, 1.807) is 0 Å². The lowest BCUT2D eigenvalue weighted by atomic mass is 9.56. The minimum Gasteiger partial charge on any atom is -0.338 e. The Balaban J connectivity index is 1.30. The highest BCUT2D eigenvalue weighted by Crippen LogP contribution is 2.62. The van der Waals surface area contributed by atoms with Gasteiger partial charge in [-0.2, -0.15) is 0 Å². The molecule has 0 bridgehead atoms. The summed E-state index contributed by atoms with van der Waals surface area (Å²) in [6, 6.07) is 14.2. The first kappa shape index (κ1) is 26.4. The van der Waals surface area contributed by atoms with Crippen LogP contribution in [0.15, 0.2) is 42.5 Å². The number of nitrogens with zero attached hydrogens (tertiary/aromatic N) is 1. The van der Waals surface area contributed by atoms with Gasteiger partial charge in [-0.1, -0.05) is 74.5 Å². The summed E-state index contributed by atoms with van der Waals surface area (Å²) in [6.45, 7) is 6.16. The number of piperidine rings is 1. The van der Waals surface area contributed by atoms with Crippen molar-refractivity contribution in [1.82, 2.24) is 4.90 Å². The summed E-state index contributed by atoms with van der Waals surface area (Å²) in [4.78, 5) is 28.7. The highest BCUT2D eigenvalue weighted by atomic mass is 35.5. The fraction of sp³-hybridized carbons (Fsp3) is 0.576. The van der Waals surface area contributed by atoms with Crippen molar-refractivity contribution in [2.75, 3.05) is 13.1 Å². The summed E-state index contributed by atoms with van der Waals surface area (Å²) >= 11 is 13.3. The van der Waals surface area contributed by atoms with Gasteiger partial charge in [0.1, 0.15) is 5.78 Å². The Hall–Kier alpha value is -1.84. The molecule has 1 saturated heterocycles. The predicted molar refractivity (Wildman–Crippen MR) is 154 cm³/mol. The molecule has 3 aliphatic carbocycles. The van der Waals surface area contributed by atoms with Gasteiger partial charge in [-0.3, -0.25) is 9.59 Å². The summed E-state index contributed by atoms with van der Waals surface area (Å²) in [7, 11) is 0. The van der Waals surface area contributed by atoms with Crippen molar-refractivity contribution in [2.45, 2.75) is 77.0 Å². The lowest BCUT2D eigenvalue weighted by Crippen LogP contribution is -2.44. The number of Topliss-reactive ketones (excluding diaryl/α,β-unsaturated/α-hetero) is 1. The second kappa shape index (κ2) is 10.3. The van der Waals surface area contributed by atoms with Crippen molar-refractivity contribution in [3.8, 4) is 0 Å². The van der Waals surface area contributed by atoms with E-state index >= 15 is 0 Å². The SMILES string of the molecule is C[C@H]1CC(=O)[C@]2(C)CC[C@@H](c3ccc(C(=O)N4CCC5CCCCC5C4)cc3Cl)[C@H](c3ccc(Cl)cc3)[C@H]12. The maximum atomic E-state index is 13.5. The largest absolute Gasteiger partial charge is 0.338 e. The summed E-state index contributed by atoms with van der Waals surface area (Å²) < 4.78 is 0. The first-order chi connectivity index (χ1) is 18.3. The van der Waals surface area contributed by atoms with Gasteiger partial charge in [-0.25, -0.2) is 0 Å². The molecule has 0 aromatic heterocycles. The molecule has 7 atom stereocenters. The van der Waals surface area contributed by atoms with Crippen LogP contribution in [-0.2, 0) is 4.79 Å². The van der Waals surface area contributed by atoms with E-state index in [0.29, 0.717) is 34.6 Å². The van der Waals surface area contributed by atoms with Gasteiger partial charge in [0, 0.05) is 40.5 Å². The molecular formula is C33H39Cl2NO2. The molecule has 0 N–H and O–H groups in total. The van der Waals surface area contributed by atoms with Crippen LogP contribution in [-0.4, -0.2) is 29.7 Å². The van der Waals surface area contributed by atoms with Gasteiger partial charge in [0.2, 0.25) is 0 Å². The third kappa shape index (κ3) is 4.52. The molecule has 1 amide bonds. The first-order valence-electron chi connectivity index (χ1n) is 14.6. The molecule has 38 heavy (non-hydrogen) atoms. The van der Waals surface area contributed by atoms with E-state index in [4.69, 9.17) is 23.2 Å². The third-order valence-electron chi connectivity index (χ3n) is 10.8. The van der Waals surface area contributed by atoms with E-state index in [0.717, 1.165) is 48.9 Å². The Morgan fingerprint density at radius 2 is 1.71 bits per heavy atom. The van der Waals surface area contributed by atoms with E-state index < -0.39 is 0 Å². The number of halogens is 2. The Labute approximate surface area is 237 Å². The lowest BCUT2D eigenvalue weighted by Gasteiger charge is -2.47. The van der Waals surface area contributed by atoms with Crippen LogP contribution in [0.1, 0.15) is 98.5 Å². The lowest BCUT2D eigenvalue weighted by molar-refractivity contribution is -0.128. The molecule has 3 nitrogen and oxygen atoms in total. The Bertz CT molecular complexity index is 1230. The fourth-order valence-corrected chi connectivity index (χ4v) is 9.26. The normalized spacial score (nSPS) is 35.1. The molecule has 1 heterocycles. The van der Waals surface area contributed by atoms with Crippen molar-refractivity contribution in [3.05, 3.63) is 69.2 Å². The molecule has 1 aliphatic heterocycles. The first-order valence-corrected chi connectivity index (χ1v) is 15.4. The highest BCUT2D eigenvalue weighted by molar-refractivity contribution is 6.32. The number of carbonyl (C=O) groups excluding carboxylic acids is 2. The minimum atomic E-state index is -0.298. The van der Waals surface area contributed by atoms with Gasteiger partial charge in [0.25, 0.3) is 5.91 Å². The standard InChI is InChI=1S/C33H39Cl2NO2/c1-20-17-29(37)33(2)15-13-27(30(31(20)33)22-7-10-25(34)11-8-22)26-12-9-23(18-28(26)35)32(38)36-16-14-21-5-3-4-6-24(21)19-36/h7-12,18,20-21,24,27,30-31H,3-6,13-17,19H2,1-2H3/t20-,21?,24?,27-,30-,31-,33-/m0/s1. The molecular weight excluding hydrogens is 513 g/mol. The molecule has 2 aromatic rings. The number of likely N-dealkylation sites (tertiary alicyclic amines) is 1. The second-order valence-corrected chi connectivity index (χ2v) is 13.7. The number of fused-ring (bicyclic) bond motifs is 2. The molecule has 202 valence electrons. The average Bonchev–Trinajstić information content (AvgIpc) is 3.15. The van der Waals surface area contributed by atoms with Crippen LogP contribution in [0.25, 0.3) is 0 Å². The van der Waals surface area contributed by atoms with E-state index in [9.17, 15) is 9.59 Å². The van der Waals surface area contributed by atoms with E-state index in [1.165, 1.54) is 31.2 Å². The average molecular weight is 553 g/mol. The fourth-order valence-electron chi connectivity index (χ4n) is 8.81. The maximum Gasteiger partial charge on any atom is 0.253 e. The zero-order valence-electron chi connectivity index (χ0n) is 22.6. The van der Waals surface area contributed by atoms with Gasteiger partial charge in [-0.05, 0) is 96.6 Å². The van der Waals surface area contributed by atoms with Gasteiger partial charge in [-0.15, -0.1) is 0 Å². The smallest absolute Gasteiger partial charge is 0.253 e. The molecule has 2 aromatic carbocycles. The number of hydrogen-bond donors (Lipinski definition) is 0. The van der Waals surface area contributed by atoms with Crippen molar-refractivity contribution < 1.29 is 9.59 Å². The second-order valence-electron chi connectivity index (χ2n) is 12.9. The number of ketones is 1. The molecule has 3 saturated carbocycles. The van der Waals surface area contributed by atoms with Crippen LogP contribution in [0.2, 0.25) is 10.0 Å². The zero-order valence-corrected chi connectivity index (χ0v) is 24.1.